The van der Waals surface area contributed by atoms with Gasteiger partial charge in [0, 0.05) is 12.5 Å². The van der Waals surface area contributed by atoms with Crippen molar-refractivity contribution in [2.24, 2.45) is 0 Å². The first-order valence-corrected chi connectivity index (χ1v) is 12.3. The average Bonchev–Trinajstić information content (AvgIpc) is 2.86. The third-order valence-electron chi connectivity index (χ3n) is 3.77. The van der Waals surface area contributed by atoms with Gasteiger partial charge in [-0.2, -0.15) is 0 Å². The van der Waals surface area contributed by atoms with Gasteiger partial charge in [-0.25, -0.2) is 4.79 Å². The number of hydrogen-bond donors (Lipinski definition) is 3. The van der Waals surface area contributed by atoms with Crippen LogP contribution in [0.2, 0.25) is 0 Å². The highest BCUT2D eigenvalue weighted by atomic mass is 16.7. The maximum absolute atomic E-state index is 10.6. The van der Waals surface area contributed by atoms with Crippen molar-refractivity contribution in [2.45, 2.75) is 20.1 Å². The van der Waals surface area contributed by atoms with E-state index < -0.39 is 18.2 Å². The molecule has 0 saturated carbocycles. The highest BCUT2D eigenvalue weighted by Gasteiger charge is 2.06. The zero-order chi connectivity index (χ0) is 28.7. The Morgan fingerprint density at radius 2 is 0.868 bits per heavy atom. The molecule has 0 radical (unpaired) electrons. The van der Waals surface area contributed by atoms with Crippen molar-refractivity contribution >= 4 is 11.9 Å². The molecule has 0 saturated heterocycles. The molecule has 14 heteroatoms. The van der Waals surface area contributed by atoms with E-state index in [1.807, 2.05) is 0 Å². The Kier molecular flexibility index (Phi) is 31.9. The molecular weight excluding hydrogens is 512 g/mol. The van der Waals surface area contributed by atoms with Gasteiger partial charge >= 0.3 is 11.9 Å². The highest BCUT2D eigenvalue weighted by molar-refractivity contribution is 5.84. The van der Waals surface area contributed by atoms with Gasteiger partial charge in [0.2, 0.25) is 6.29 Å². The summed E-state index contributed by atoms with van der Waals surface area (Å²) >= 11 is 0. The fraction of sp³-hybridized carbons (Fsp3) is 0.833. The number of hydrogen-bond acceptors (Lipinski definition) is 13. The molecule has 0 aromatic carbocycles. The van der Waals surface area contributed by atoms with Crippen LogP contribution in [0.3, 0.4) is 0 Å². The normalized spacial score (nSPS) is 11.5. The summed E-state index contributed by atoms with van der Waals surface area (Å²) in [4.78, 5) is 20.2. The second-order valence-corrected chi connectivity index (χ2v) is 7.23. The summed E-state index contributed by atoms with van der Waals surface area (Å²) in [5.41, 5.74) is 0.176. The fourth-order valence-corrected chi connectivity index (χ4v) is 2.01. The van der Waals surface area contributed by atoms with Gasteiger partial charge in [0.25, 0.3) is 0 Å². The zero-order valence-electron chi connectivity index (χ0n) is 22.6. The van der Waals surface area contributed by atoms with Crippen LogP contribution in [0.15, 0.2) is 12.2 Å². The van der Waals surface area contributed by atoms with Crippen LogP contribution in [-0.2, 0) is 52.2 Å². The Bertz CT molecular complexity index is 534. The monoisotopic (exact) mass is 558 g/mol. The lowest BCUT2D eigenvalue weighted by Gasteiger charge is -2.11. The number of ether oxygens (including phenoxy) is 9. The van der Waals surface area contributed by atoms with E-state index in [0.29, 0.717) is 92.5 Å². The van der Waals surface area contributed by atoms with Crippen molar-refractivity contribution in [3.63, 3.8) is 0 Å². The van der Waals surface area contributed by atoms with E-state index in [0.717, 1.165) is 0 Å². The van der Waals surface area contributed by atoms with Crippen molar-refractivity contribution in [1.82, 2.24) is 0 Å². The molecule has 1 unspecified atom stereocenters. The first kappa shape index (κ1) is 38.4. The number of aliphatic carboxylic acids is 1. The molecular formula is C24H46O14. The second kappa shape index (κ2) is 31.5. The molecule has 0 bridgehead atoms. The lowest BCUT2D eigenvalue weighted by atomic mass is 10.4. The summed E-state index contributed by atoms with van der Waals surface area (Å²) < 4.78 is 46.7. The van der Waals surface area contributed by atoms with Crippen LogP contribution in [0.5, 0.6) is 0 Å². The minimum Gasteiger partial charge on any atom is -0.478 e. The zero-order valence-corrected chi connectivity index (χ0v) is 22.6. The summed E-state index contributed by atoms with van der Waals surface area (Å²) in [5.74, 6) is -1.50. The Balaban J connectivity index is 0. The summed E-state index contributed by atoms with van der Waals surface area (Å²) in [6.45, 7) is 12.4. The Morgan fingerprint density at radius 3 is 1.11 bits per heavy atom. The Labute approximate surface area is 224 Å². The molecule has 0 aromatic rings. The van der Waals surface area contributed by atoms with Crippen LogP contribution < -0.4 is 0 Å². The quantitative estimate of drug-likeness (QED) is 0.0515. The van der Waals surface area contributed by atoms with Gasteiger partial charge in [0.1, 0.15) is 6.61 Å². The third-order valence-corrected chi connectivity index (χ3v) is 3.77. The number of carbonyl (C=O) groups excluding carboxylic acids is 1. The lowest BCUT2D eigenvalue weighted by Crippen LogP contribution is -2.22. The van der Waals surface area contributed by atoms with Crippen molar-refractivity contribution in [3.05, 3.63) is 12.2 Å². The van der Waals surface area contributed by atoms with Gasteiger partial charge in [-0.3, -0.25) is 4.79 Å². The van der Waals surface area contributed by atoms with Crippen molar-refractivity contribution < 1.29 is 67.5 Å². The van der Waals surface area contributed by atoms with Gasteiger partial charge in [0.15, 0.2) is 0 Å². The topological polar surface area (TPSA) is 178 Å². The summed E-state index contributed by atoms with van der Waals surface area (Å²) in [5, 5.41) is 25.7. The third kappa shape index (κ3) is 36.4. The van der Waals surface area contributed by atoms with Crippen molar-refractivity contribution in [2.75, 3.05) is 112 Å². The number of carboxylic acids is 1. The van der Waals surface area contributed by atoms with E-state index in [4.69, 9.17) is 48.1 Å². The number of esters is 1. The molecule has 0 amide bonds. The van der Waals surface area contributed by atoms with Gasteiger partial charge in [-0.1, -0.05) is 6.58 Å². The molecule has 38 heavy (non-hydrogen) atoms. The smallest absolute Gasteiger partial charge is 0.330 e. The van der Waals surface area contributed by atoms with Crippen LogP contribution in [0, 0.1) is 0 Å². The Morgan fingerprint density at radius 1 is 0.605 bits per heavy atom. The van der Waals surface area contributed by atoms with Crippen LogP contribution in [0.4, 0.5) is 0 Å². The Hall–Kier alpha value is -1.72. The maximum atomic E-state index is 10.6. The predicted molar refractivity (Wildman–Crippen MR) is 134 cm³/mol. The van der Waals surface area contributed by atoms with Gasteiger partial charge in [0.05, 0.1) is 106 Å². The van der Waals surface area contributed by atoms with E-state index in [-0.39, 0.29) is 25.4 Å². The first-order valence-electron chi connectivity index (χ1n) is 12.3. The maximum Gasteiger partial charge on any atom is 0.330 e. The SMILES string of the molecule is C=C(C)C(=O)O.CC(=O)OC(O)COCCOCCOCCOCCOCCOCCOCCOCCO. The van der Waals surface area contributed by atoms with Gasteiger partial charge in [-0.15, -0.1) is 0 Å². The molecule has 0 aliphatic heterocycles. The lowest BCUT2D eigenvalue weighted by molar-refractivity contribution is -0.175. The minimum absolute atomic E-state index is 0.0196. The minimum atomic E-state index is -1.25. The first-order chi connectivity index (χ1) is 18.3. The van der Waals surface area contributed by atoms with E-state index in [1.165, 1.54) is 13.8 Å². The highest BCUT2D eigenvalue weighted by Crippen LogP contribution is 1.90. The molecule has 3 N–H and O–H groups in total. The number of carbonyl (C=O) groups is 2. The standard InChI is InChI=1S/C20H40O12.C4H6O2/c1-19(22)32-20(23)18-31-17-16-30-15-14-29-13-12-28-11-10-27-9-8-26-7-6-25-5-4-24-3-2-21;1-3(2)4(5)6/h20-21,23H,2-18H2,1H3;1H2,2H3,(H,5,6). The molecule has 0 rings (SSSR count). The summed E-state index contributed by atoms with van der Waals surface area (Å²) in [7, 11) is 0. The molecule has 1 atom stereocenters. The van der Waals surface area contributed by atoms with Crippen LogP contribution in [-0.4, -0.2) is 146 Å². The molecule has 14 nitrogen and oxygen atoms in total. The average molecular weight is 559 g/mol. The van der Waals surface area contributed by atoms with E-state index in [9.17, 15) is 14.7 Å². The van der Waals surface area contributed by atoms with Gasteiger partial charge < -0.3 is 58.0 Å². The van der Waals surface area contributed by atoms with Crippen LogP contribution in [0.25, 0.3) is 0 Å². The summed E-state index contributed by atoms with van der Waals surface area (Å²) in [6.07, 6.45) is -1.25. The predicted octanol–water partition coefficient (Wildman–Crippen LogP) is -0.360. The molecule has 226 valence electrons. The number of carboxylic acid groups (broad SMARTS) is 1. The van der Waals surface area contributed by atoms with Crippen LogP contribution in [0.1, 0.15) is 13.8 Å². The number of aliphatic hydroxyl groups excluding tert-OH is 2. The molecule has 0 heterocycles. The fourth-order valence-electron chi connectivity index (χ4n) is 2.01. The number of aliphatic hydroxyl groups is 2. The van der Waals surface area contributed by atoms with E-state index in [1.54, 1.807) is 0 Å². The van der Waals surface area contributed by atoms with E-state index in [2.05, 4.69) is 11.3 Å². The van der Waals surface area contributed by atoms with Gasteiger partial charge in [-0.05, 0) is 6.92 Å². The second-order valence-electron chi connectivity index (χ2n) is 7.23. The van der Waals surface area contributed by atoms with Crippen LogP contribution >= 0.6 is 0 Å². The molecule has 0 aliphatic rings. The summed E-state index contributed by atoms with van der Waals surface area (Å²) in [6, 6.07) is 0. The molecule has 0 aliphatic carbocycles. The van der Waals surface area contributed by atoms with Crippen molar-refractivity contribution in [3.8, 4) is 0 Å². The molecule has 0 spiro atoms. The van der Waals surface area contributed by atoms with Crippen molar-refractivity contribution in [1.29, 1.82) is 0 Å². The van der Waals surface area contributed by atoms with E-state index >= 15 is 0 Å². The largest absolute Gasteiger partial charge is 0.478 e. The molecule has 0 fully saturated rings. The number of rotatable bonds is 27. The molecule has 0 aromatic heterocycles.